The van der Waals surface area contributed by atoms with Crippen molar-refractivity contribution in [1.82, 2.24) is 24.9 Å². The van der Waals surface area contributed by atoms with Gasteiger partial charge in [-0.05, 0) is 56.5 Å². The normalized spacial score (nSPS) is 20.9. The smallest absolute Gasteiger partial charge is 0.344 e. The van der Waals surface area contributed by atoms with Crippen LogP contribution in [0.15, 0.2) is 22.7 Å². The summed E-state index contributed by atoms with van der Waals surface area (Å²) in [5.74, 6) is 0.958. The molecule has 0 N–H and O–H groups in total. The van der Waals surface area contributed by atoms with Crippen LogP contribution >= 0.6 is 11.6 Å². The molecule has 0 bridgehead atoms. The molecule has 7 nitrogen and oxygen atoms in total. The molecule has 2 fully saturated rings. The summed E-state index contributed by atoms with van der Waals surface area (Å²) in [5.41, 5.74) is 2.34. The van der Waals surface area contributed by atoms with Crippen molar-refractivity contribution in [2.24, 2.45) is 0 Å². The molecule has 0 saturated carbocycles. The minimum absolute atomic E-state index is 0.215. The van der Waals surface area contributed by atoms with E-state index in [4.69, 9.17) is 20.8 Å². The van der Waals surface area contributed by atoms with Gasteiger partial charge in [0.25, 0.3) is 0 Å². The Kier molecular flexibility index (Phi) is 4.00. The highest BCUT2D eigenvalue weighted by atomic mass is 35.5. The Morgan fingerprint density at radius 1 is 1.19 bits per heavy atom. The van der Waals surface area contributed by atoms with Crippen LogP contribution in [0, 0.1) is 6.92 Å². The minimum Gasteiger partial charge on any atom is -0.407 e. The average Bonchev–Trinajstić information content (AvgIpc) is 3.24. The number of hydrogen-bond donors (Lipinski definition) is 0. The Morgan fingerprint density at radius 2 is 1.96 bits per heavy atom. The number of aryl methyl sites for hydroxylation is 1. The summed E-state index contributed by atoms with van der Waals surface area (Å²) in [7, 11) is 0. The van der Waals surface area contributed by atoms with Gasteiger partial charge >= 0.3 is 6.01 Å². The third kappa shape index (κ3) is 2.85. The van der Waals surface area contributed by atoms with E-state index in [0.717, 1.165) is 55.1 Å². The molecule has 0 unspecified atom stereocenters. The second-order valence-electron chi connectivity index (χ2n) is 7.84. The predicted octanol–water partition coefficient (Wildman–Crippen LogP) is 3.34. The van der Waals surface area contributed by atoms with Crippen molar-refractivity contribution in [3.63, 3.8) is 0 Å². The van der Waals surface area contributed by atoms with Gasteiger partial charge in [-0.25, -0.2) is 0 Å². The Labute approximate surface area is 162 Å². The lowest BCUT2D eigenvalue weighted by molar-refractivity contribution is -0.136. The van der Waals surface area contributed by atoms with Crippen LogP contribution < -0.4 is 0 Å². The molecular weight excluding hydrogens is 366 g/mol. The van der Waals surface area contributed by atoms with E-state index < -0.39 is 0 Å². The van der Waals surface area contributed by atoms with Gasteiger partial charge in [-0.3, -0.25) is 4.90 Å². The lowest BCUT2D eigenvalue weighted by atomic mass is 9.86. The van der Waals surface area contributed by atoms with Gasteiger partial charge < -0.3 is 9.15 Å². The number of ether oxygens (including phenoxy) is 1. The third-order valence-electron chi connectivity index (χ3n) is 5.91. The van der Waals surface area contributed by atoms with Crippen LogP contribution in [0.2, 0.25) is 5.02 Å². The van der Waals surface area contributed by atoms with Crippen molar-refractivity contribution < 1.29 is 9.15 Å². The number of hydrogen-bond acceptors (Lipinski definition) is 6. The fourth-order valence-corrected chi connectivity index (χ4v) is 4.54. The summed E-state index contributed by atoms with van der Waals surface area (Å²) in [4.78, 5) is 2.56. The zero-order chi connectivity index (χ0) is 18.6. The van der Waals surface area contributed by atoms with Crippen LogP contribution in [0.4, 0.5) is 0 Å². The third-order valence-corrected chi connectivity index (χ3v) is 6.23. The first-order valence-corrected chi connectivity index (χ1v) is 9.72. The van der Waals surface area contributed by atoms with Gasteiger partial charge in [0.1, 0.15) is 0 Å². The van der Waals surface area contributed by atoms with Gasteiger partial charge in [-0.1, -0.05) is 16.7 Å². The highest BCUT2D eigenvalue weighted by Gasteiger charge is 2.41. The molecule has 0 radical (unpaired) electrons. The number of piperidine rings is 1. The maximum Gasteiger partial charge on any atom is 0.344 e. The van der Waals surface area contributed by atoms with E-state index in [1.54, 1.807) is 17.8 Å². The summed E-state index contributed by atoms with van der Waals surface area (Å²) in [5, 5.41) is 14.2. The molecule has 0 aliphatic carbocycles. The van der Waals surface area contributed by atoms with Gasteiger partial charge in [0.05, 0.1) is 30.5 Å². The maximum atomic E-state index is 6.64. The summed E-state index contributed by atoms with van der Waals surface area (Å²) in [6.07, 6.45) is 3.97. The van der Waals surface area contributed by atoms with Crippen molar-refractivity contribution in [3.05, 3.63) is 34.8 Å². The van der Waals surface area contributed by atoms with Crippen LogP contribution in [0.1, 0.15) is 37.1 Å². The molecule has 0 atom stereocenters. The standard InChI is InChI=1S/C19H22ClN5O2/c1-12-22-23-18(27-12)25-17-8-15(16(20)7-14(17)9-21-25)13-3-5-24(6-4-13)19(2)10-26-11-19/h7-9,13H,3-6,10-11H2,1-2H3. The molecule has 8 heteroatoms. The van der Waals surface area contributed by atoms with Crippen LogP contribution in [0.5, 0.6) is 0 Å². The van der Waals surface area contributed by atoms with Crippen molar-refractivity contribution in [1.29, 1.82) is 0 Å². The number of likely N-dealkylation sites (tertiary alicyclic amines) is 1. The minimum atomic E-state index is 0.215. The zero-order valence-electron chi connectivity index (χ0n) is 15.5. The molecule has 1 aromatic carbocycles. The molecule has 2 aliphatic rings. The molecule has 0 spiro atoms. The van der Waals surface area contributed by atoms with E-state index in [1.165, 1.54) is 5.56 Å². The molecule has 0 amide bonds. The number of benzene rings is 1. The highest BCUT2D eigenvalue weighted by Crippen LogP contribution is 2.38. The van der Waals surface area contributed by atoms with Crippen molar-refractivity contribution in [3.8, 4) is 6.01 Å². The summed E-state index contributed by atoms with van der Waals surface area (Å²) in [6.45, 7) is 7.88. The van der Waals surface area contributed by atoms with Crippen molar-refractivity contribution in [2.45, 2.75) is 38.1 Å². The Balaban J connectivity index is 1.44. The second kappa shape index (κ2) is 6.29. The number of rotatable bonds is 3. The Morgan fingerprint density at radius 3 is 2.59 bits per heavy atom. The molecule has 5 rings (SSSR count). The van der Waals surface area contributed by atoms with E-state index in [2.05, 4.69) is 33.2 Å². The maximum absolute atomic E-state index is 6.64. The lowest BCUT2D eigenvalue weighted by Gasteiger charge is -2.50. The van der Waals surface area contributed by atoms with Crippen LogP contribution in [0.3, 0.4) is 0 Å². The molecule has 142 valence electrons. The molecule has 2 aromatic heterocycles. The molecular formula is C19H22ClN5O2. The van der Waals surface area contributed by atoms with Gasteiger partial charge in [0, 0.05) is 17.3 Å². The van der Waals surface area contributed by atoms with Gasteiger partial charge in [0.15, 0.2) is 0 Å². The quantitative estimate of drug-likeness (QED) is 0.686. The second-order valence-corrected chi connectivity index (χ2v) is 8.25. The van der Waals surface area contributed by atoms with Gasteiger partial charge in [-0.2, -0.15) is 9.78 Å². The van der Waals surface area contributed by atoms with Crippen molar-refractivity contribution in [2.75, 3.05) is 26.3 Å². The molecule has 27 heavy (non-hydrogen) atoms. The van der Waals surface area contributed by atoms with E-state index in [1.807, 2.05) is 6.07 Å². The van der Waals surface area contributed by atoms with E-state index in [9.17, 15) is 0 Å². The first-order valence-electron chi connectivity index (χ1n) is 9.34. The zero-order valence-corrected chi connectivity index (χ0v) is 16.2. The molecule has 4 heterocycles. The summed E-state index contributed by atoms with van der Waals surface area (Å²) in [6, 6.07) is 4.51. The Bertz CT molecular complexity index is 985. The van der Waals surface area contributed by atoms with Gasteiger partial charge in [-0.15, -0.1) is 5.10 Å². The van der Waals surface area contributed by atoms with Crippen LogP contribution in [-0.2, 0) is 4.74 Å². The lowest BCUT2D eigenvalue weighted by Crippen LogP contribution is -2.61. The van der Waals surface area contributed by atoms with E-state index >= 15 is 0 Å². The Hall–Kier alpha value is -1.96. The number of fused-ring (bicyclic) bond motifs is 1. The van der Waals surface area contributed by atoms with Crippen molar-refractivity contribution >= 4 is 22.5 Å². The summed E-state index contributed by atoms with van der Waals surface area (Å²) < 4.78 is 12.7. The highest BCUT2D eigenvalue weighted by molar-refractivity contribution is 6.32. The first-order chi connectivity index (χ1) is 13.0. The number of aromatic nitrogens is 4. The number of halogens is 1. The fourth-order valence-electron chi connectivity index (χ4n) is 4.21. The molecule has 3 aromatic rings. The number of nitrogens with zero attached hydrogens (tertiary/aromatic N) is 5. The van der Waals surface area contributed by atoms with Crippen LogP contribution in [0.25, 0.3) is 16.9 Å². The SMILES string of the molecule is Cc1nnc(-n2ncc3cc(Cl)c(C4CCN(C5(C)COC5)CC4)cc32)o1. The van der Waals surface area contributed by atoms with E-state index in [-0.39, 0.29) is 5.54 Å². The molecule has 2 aliphatic heterocycles. The van der Waals surface area contributed by atoms with Crippen LogP contribution in [-0.4, -0.2) is 56.7 Å². The van der Waals surface area contributed by atoms with E-state index in [0.29, 0.717) is 17.8 Å². The van der Waals surface area contributed by atoms with Gasteiger partial charge in [0.2, 0.25) is 5.89 Å². The largest absolute Gasteiger partial charge is 0.407 e. The monoisotopic (exact) mass is 387 g/mol. The average molecular weight is 388 g/mol. The topological polar surface area (TPSA) is 69.2 Å². The predicted molar refractivity (Wildman–Crippen MR) is 101 cm³/mol. The first kappa shape index (κ1) is 17.2. The molecule has 2 saturated heterocycles. The fraction of sp³-hybridized carbons (Fsp3) is 0.526. The summed E-state index contributed by atoms with van der Waals surface area (Å²) >= 11 is 6.64.